The van der Waals surface area contributed by atoms with Crippen molar-refractivity contribution in [2.45, 2.75) is 53.5 Å². The quantitative estimate of drug-likeness (QED) is 0.474. The smallest absolute Gasteiger partial charge is 0.227 e. The van der Waals surface area contributed by atoms with Gasteiger partial charge in [0.1, 0.15) is 11.6 Å². The molecule has 29 heavy (non-hydrogen) atoms. The van der Waals surface area contributed by atoms with Crippen LogP contribution in [-0.4, -0.2) is 33.7 Å². The van der Waals surface area contributed by atoms with E-state index in [9.17, 15) is 0 Å². The summed E-state index contributed by atoms with van der Waals surface area (Å²) in [5.41, 5.74) is 7.03. The Hall–Kier alpha value is -2.39. The molecule has 1 saturated heterocycles. The highest BCUT2D eigenvalue weighted by Crippen LogP contribution is 2.37. The van der Waals surface area contributed by atoms with Crippen molar-refractivity contribution in [1.29, 1.82) is 0 Å². The zero-order valence-corrected chi connectivity index (χ0v) is 19.3. The Bertz CT molecular complexity index is 1120. The van der Waals surface area contributed by atoms with Crippen LogP contribution in [0, 0.1) is 41.2 Å². The second-order valence-electron chi connectivity index (χ2n) is 8.07. The minimum atomic E-state index is 0.144. The molecular formula is C23H26BrN5. The van der Waals surface area contributed by atoms with Crippen LogP contribution in [0.3, 0.4) is 0 Å². The Morgan fingerprint density at radius 1 is 1.03 bits per heavy atom. The van der Waals surface area contributed by atoms with E-state index in [1.54, 1.807) is 0 Å². The third kappa shape index (κ3) is 3.32. The molecule has 0 atom stereocenters. The summed E-state index contributed by atoms with van der Waals surface area (Å²) in [4.78, 5) is 15.8. The summed E-state index contributed by atoms with van der Waals surface area (Å²) in [5, 5.41) is 1.14. The van der Waals surface area contributed by atoms with E-state index in [-0.39, 0.29) is 6.04 Å². The molecule has 6 heteroatoms. The summed E-state index contributed by atoms with van der Waals surface area (Å²) in [7, 11) is 0. The molecule has 0 aliphatic carbocycles. The second-order valence-corrected chi connectivity index (χ2v) is 8.99. The minimum absolute atomic E-state index is 0.144. The fraction of sp³-hybridized carbons (Fsp3) is 0.435. The first-order valence-electron chi connectivity index (χ1n) is 10.1. The number of rotatable bonds is 2. The molecule has 3 aromatic rings. The van der Waals surface area contributed by atoms with Crippen molar-refractivity contribution in [3.05, 3.63) is 56.2 Å². The van der Waals surface area contributed by atoms with Crippen LogP contribution in [0.2, 0.25) is 0 Å². The van der Waals surface area contributed by atoms with Crippen LogP contribution < -0.4 is 4.90 Å². The molecule has 4 rings (SSSR count). The number of halogens is 1. The molecular weight excluding hydrogens is 426 g/mol. The summed E-state index contributed by atoms with van der Waals surface area (Å²) >= 11 is 3.62. The number of nitrogens with zero attached hydrogens (tertiary/aromatic N) is 5. The Kier molecular flexibility index (Phi) is 5.12. The van der Waals surface area contributed by atoms with Gasteiger partial charge in [-0.05, 0) is 63.4 Å². The normalized spacial score (nSPS) is 15.1. The fourth-order valence-electron chi connectivity index (χ4n) is 4.51. The molecule has 0 saturated carbocycles. The zero-order valence-electron chi connectivity index (χ0n) is 17.7. The van der Waals surface area contributed by atoms with Crippen molar-refractivity contribution >= 4 is 32.8 Å². The highest BCUT2D eigenvalue weighted by atomic mass is 79.9. The van der Waals surface area contributed by atoms with Crippen molar-refractivity contribution in [2.24, 2.45) is 0 Å². The highest BCUT2D eigenvalue weighted by Gasteiger charge is 2.28. The lowest BCUT2D eigenvalue weighted by molar-refractivity contribution is 0.545. The van der Waals surface area contributed by atoms with Crippen molar-refractivity contribution < 1.29 is 0 Å². The van der Waals surface area contributed by atoms with Crippen LogP contribution in [-0.2, 0) is 0 Å². The van der Waals surface area contributed by atoms with Gasteiger partial charge in [0.05, 0.1) is 11.1 Å². The molecule has 0 unspecified atom stereocenters. The summed E-state index contributed by atoms with van der Waals surface area (Å²) in [6, 6.07) is 4.46. The predicted octanol–water partition coefficient (Wildman–Crippen LogP) is 5.61. The average Bonchev–Trinajstić information content (AvgIpc) is 2.92. The standard InChI is InChI=1S/C23H26BrN5/c1-13-11-18(24)12-14(2)21(13)29-16(4)15(3)20-22(26-17(5)27-23(20)29)28-9-7-19(25-6)8-10-28/h11-12,19H,7-10H2,1-5H3. The van der Waals surface area contributed by atoms with E-state index in [4.69, 9.17) is 16.5 Å². The molecule has 0 N–H and O–H groups in total. The molecule has 0 amide bonds. The van der Waals surface area contributed by atoms with E-state index < -0.39 is 0 Å². The monoisotopic (exact) mass is 451 g/mol. The third-order valence-electron chi connectivity index (χ3n) is 6.07. The number of benzene rings is 1. The van der Waals surface area contributed by atoms with Crippen molar-refractivity contribution in [2.75, 3.05) is 18.0 Å². The Morgan fingerprint density at radius 3 is 2.24 bits per heavy atom. The first-order valence-corrected chi connectivity index (χ1v) is 10.9. The van der Waals surface area contributed by atoms with Gasteiger partial charge in [-0.25, -0.2) is 16.5 Å². The lowest BCUT2D eigenvalue weighted by Crippen LogP contribution is -2.35. The number of aromatic nitrogens is 3. The minimum Gasteiger partial charge on any atom is -0.355 e. The van der Waals surface area contributed by atoms with Gasteiger partial charge in [-0.2, -0.15) is 0 Å². The van der Waals surface area contributed by atoms with Crippen LogP contribution in [0.4, 0.5) is 5.82 Å². The van der Waals surface area contributed by atoms with Gasteiger partial charge >= 0.3 is 0 Å². The SMILES string of the molecule is [C-]#[N+]C1CCN(c2nc(C)nc3c2c(C)c(C)n3-c2c(C)cc(Br)cc2C)CC1. The summed E-state index contributed by atoms with van der Waals surface area (Å²) < 4.78 is 3.39. The zero-order chi connectivity index (χ0) is 20.9. The number of aryl methyl sites for hydroxylation is 4. The molecule has 1 aliphatic rings. The van der Waals surface area contributed by atoms with Gasteiger partial charge in [0, 0.05) is 36.1 Å². The van der Waals surface area contributed by atoms with E-state index >= 15 is 0 Å². The molecule has 3 heterocycles. The maximum atomic E-state index is 7.32. The Morgan fingerprint density at radius 2 is 1.66 bits per heavy atom. The van der Waals surface area contributed by atoms with Gasteiger partial charge in [0.15, 0.2) is 5.65 Å². The molecule has 0 spiro atoms. The Balaban J connectivity index is 1.95. The van der Waals surface area contributed by atoms with E-state index in [2.05, 4.69) is 70.1 Å². The maximum absolute atomic E-state index is 7.32. The van der Waals surface area contributed by atoms with E-state index in [1.165, 1.54) is 28.1 Å². The molecule has 2 aromatic heterocycles. The van der Waals surface area contributed by atoms with Crippen LogP contribution in [0.25, 0.3) is 21.6 Å². The topological polar surface area (TPSA) is 38.3 Å². The van der Waals surface area contributed by atoms with Gasteiger partial charge in [0.2, 0.25) is 6.04 Å². The molecule has 1 fully saturated rings. The molecule has 1 aliphatic heterocycles. The van der Waals surface area contributed by atoms with Crippen molar-refractivity contribution in [3.8, 4) is 5.69 Å². The predicted molar refractivity (Wildman–Crippen MR) is 122 cm³/mol. The number of fused-ring (bicyclic) bond motifs is 1. The molecule has 5 nitrogen and oxygen atoms in total. The number of hydrogen-bond donors (Lipinski definition) is 0. The summed E-state index contributed by atoms with van der Waals surface area (Å²) in [6.45, 7) is 19.7. The van der Waals surface area contributed by atoms with E-state index in [0.29, 0.717) is 0 Å². The van der Waals surface area contributed by atoms with E-state index in [0.717, 1.165) is 53.1 Å². The molecule has 0 radical (unpaired) electrons. The van der Waals surface area contributed by atoms with E-state index in [1.807, 2.05) is 6.92 Å². The number of hydrogen-bond acceptors (Lipinski definition) is 3. The van der Waals surface area contributed by atoms with Gasteiger partial charge < -0.3 is 9.74 Å². The van der Waals surface area contributed by atoms with Gasteiger partial charge in [0.25, 0.3) is 0 Å². The average molecular weight is 452 g/mol. The fourth-order valence-corrected chi connectivity index (χ4v) is 5.20. The lowest BCUT2D eigenvalue weighted by Gasteiger charge is -2.29. The van der Waals surface area contributed by atoms with Gasteiger partial charge in [-0.3, -0.25) is 4.57 Å². The first-order chi connectivity index (χ1) is 13.8. The largest absolute Gasteiger partial charge is 0.355 e. The van der Waals surface area contributed by atoms with Crippen molar-refractivity contribution in [1.82, 2.24) is 14.5 Å². The lowest BCUT2D eigenvalue weighted by atomic mass is 10.1. The van der Waals surface area contributed by atoms with Crippen LogP contribution in [0.15, 0.2) is 16.6 Å². The Labute approximate surface area is 180 Å². The first kappa shape index (κ1) is 19.9. The van der Waals surface area contributed by atoms with Crippen molar-refractivity contribution in [3.63, 3.8) is 0 Å². The van der Waals surface area contributed by atoms with Gasteiger partial charge in [-0.15, -0.1) is 0 Å². The highest BCUT2D eigenvalue weighted by molar-refractivity contribution is 9.10. The molecule has 150 valence electrons. The summed E-state index contributed by atoms with van der Waals surface area (Å²) in [5.74, 6) is 1.80. The maximum Gasteiger partial charge on any atom is 0.227 e. The van der Waals surface area contributed by atoms with Crippen LogP contribution in [0.1, 0.15) is 41.1 Å². The molecule has 1 aromatic carbocycles. The number of anilines is 1. The van der Waals surface area contributed by atoms with Crippen LogP contribution >= 0.6 is 15.9 Å². The summed E-state index contributed by atoms with van der Waals surface area (Å²) in [6.07, 6.45) is 1.80. The molecule has 0 bridgehead atoms. The van der Waals surface area contributed by atoms with Gasteiger partial charge in [-0.1, -0.05) is 15.9 Å². The number of piperidine rings is 1. The third-order valence-corrected chi connectivity index (χ3v) is 6.53. The second kappa shape index (κ2) is 7.46. The van der Waals surface area contributed by atoms with Crippen LogP contribution in [0.5, 0.6) is 0 Å².